The molecule has 0 aromatic heterocycles. The Morgan fingerprint density at radius 3 is 1.53 bits per heavy atom. The molecule has 11 unspecified atom stereocenters. The number of unbranched alkanes of at least 4 members (excludes halogenated alkanes) is 14. The summed E-state index contributed by atoms with van der Waals surface area (Å²) in [5.41, 5.74) is 0. The van der Waals surface area contributed by atoms with Crippen LogP contribution in [-0.4, -0.2) is 128 Å². The molecule has 0 amide bonds. The summed E-state index contributed by atoms with van der Waals surface area (Å²) in [6.07, 6.45) is 3.65. The second-order valence-corrected chi connectivity index (χ2v) is 13.3. The molecule has 0 radical (unpaired) electrons. The molecule has 0 bridgehead atoms. The van der Waals surface area contributed by atoms with Crippen LogP contribution < -0.4 is 0 Å². The van der Waals surface area contributed by atoms with Crippen molar-refractivity contribution in [2.24, 2.45) is 0 Å². The van der Waals surface area contributed by atoms with Crippen LogP contribution in [0.4, 0.5) is 0 Å². The van der Waals surface area contributed by atoms with Gasteiger partial charge in [0.15, 0.2) is 12.6 Å². The van der Waals surface area contributed by atoms with Crippen LogP contribution in [0.2, 0.25) is 0 Å². The van der Waals surface area contributed by atoms with Crippen LogP contribution in [0, 0.1) is 0 Å². The van der Waals surface area contributed by atoms with E-state index in [1.54, 1.807) is 0 Å². The Hall–Kier alpha value is -0.970. The fourth-order valence-electron chi connectivity index (χ4n) is 6.33. The van der Waals surface area contributed by atoms with Crippen LogP contribution in [0.3, 0.4) is 0 Å². The van der Waals surface area contributed by atoms with Crippen LogP contribution >= 0.6 is 0 Å². The summed E-state index contributed by atoms with van der Waals surface area (Å²) in [5, 5.41) is 80.7. The number of aliphatic carboxylic acids is 1. The maximum atomic E-state index is 11.0. The first-order valence-electron chi connectivity index (χ1n) is 18.1. The van der Waals surface area contributed by atoms with Gasteiger partial charge in [0.25, 0.3) is 0 Å². The molecule has 2 fully saturated rings. The minimum absolute atomic E-state index is 0.231. The maximum Gasteiger partial charge on any atom is 0.303 e. The van der Waals surface area contributed by atoms with Crippen LogP contribution in [0.5, 0.6) is 0 Å². The van der Waals surface area contributed by atoms with E-state index in [9.17, 15) is 40.5 Å². The molecule has 11 atom stereocenters. The van der Waals surface area contributed by atoms with Gasteiger partial charge in [0.1, 0.15) is 48.8 Å². The molecular formula is C34H64O13. The van der Waals surface area contributed by atoms with Gasteiger partial charge >= 0.3 is 5.97 Å². The van der Waals surface area contributed by atoms with Gasteiger partial charge < -0.3 is 59.8 Å². The van der Waals surface area contributed by atoms with Crippen molar-refractivity contribution in [2.75, 3.05) is 13.2 Å². The standard InChI is InChI=1S/C34H64O13/c1-2-3-4-5-9-12-15-18-23(19-16-13-10-7-6-8-11-14-17-20-26(37)38)44-34-32(30(42)28(40)25(22-36)46-34)47-33-31(43)29(41)27(39)24(21-35)45-33/h23-25,27-36,39-43H,2-22H2,1H3,(H,37,38). The Morgan fingerprint density at radius 1 is 0.596 bits per heavy atom. The Bertz CT molecular complexity index is 802. The summed E-state index contributed by atoms with van der Waals surface area (Å²) < 4.78 is 23.6. The fourth-order valence-corrected chi connectivity index (χ4v) is 6.33. The van der Waals surface area contributed by atoms with E-state index in [2.05, 4.69) is 6.92 Å². The normalized spacial score (nSPS) is 32.0. The highest BCUT2D eigenvalue weighted by Gasteiger charge is 2.51. The molecule has 2 aliphatic rings. The Kier molecular flexibility index (Phi) is 21.8. The topological polar surface area (TPSA) is 216 Å². The van der Waals surface area contributed by atoms with Crippen molar-refractivity contribution in [3.05, 3.63) is 0 Å². The first kappa shape index (κ1) is 42.2. The molecule has 0 aliphatic carbocycles. The molecule has 47 heavy (non-hydrogen) atoms. The zero-order chi connectivity index (χ0) is 34.6. The lowest BCUT2D eigenvalue weighted by Gasteiger charge is -2.46. The van der Waals surface area contributed by atoms with Gasteiger partial charge in [0.05, 0.1) is 19.3 Å². The van der Waals surface area contributed by atoms with Crippen molar-refractivity contribution in [1.82, 2.24) is 0 Å². The van der Waals surface area contributed by atoms with Gasteiger partial charge in [0.2, 0.25) is 0 Å². The predicted octanol–water partition coefficient (Wildman–Crippen LogP) is 2.51. The van der Waals surface area contributed by atoms with E-state index in [0.717, 1.165) is 89.9 Å². The first-order chi connectivity index (χ1) is 22.6. The highest BCUT2D eigenvalue weighted by atomic mass is 16.8. The lowest BCUT2D eigenvalue weighted by Crippen LogP contribution is -2.65. The SMILES string of the molecule is CCCCCCCCCC(CCCCCCCCCCCC(=O)O)OC1OC(CO)C(O)C(O)C1OC1OC(CO)C(O)C(O)C1O. The van der Waals surface area contributed by atoms with Crippen LogP contribution in [0.25, 0.3) is 0 Å². The van der Waals surface area contributed by atoms with E-state index in [4.69, 9.17) is 24.1 Å². The van der Waals surface area contributed by atoms with Crippen molar-refractivity contribution >= 4 is 5.97 Å². The predicted molar refractivity (Wildman–Crippen MR) is 172 cm³/mol. The maximum absolute atomic E-state index is 11.0. The van der Waals surface area contributed by atoms with Gasteiger partial charge in [-0.15, -0.1) is 0 Å². The number of hydrogen-bond acceptors (Lipinski definition) is 12. The van der Waals surface area contributed by atoms with Crippen LogP contribution in [-0.2, 0) is 23.7 Å². The number of rotatable bonds is 26. The van der Waals surface area contributed by atoms with Crippen LogP contribution in [0.1, 0.15) is 129 Å². The van der Waals surface area contributed by atoms with E-state index in [-0.39, 0.29) is 12.5 Å². The highest BCUT2D eigenvalue weighted by molar-refractivity contribution is 5.66. The summed E-state index contributed by atoms with van der Waals surface area (Å²) in [5.74, 6) is -0.742. The summed E-state index contributed by atoms with van der Waals surface area (Å²) in [7, 11) is 0. The van der Waals surface area contributed by atoms with Gasteiger partial charge in [-0.1, -0.05) is 103 Å². The van der Waals surface area contributed by atoms with Gasteiger partial charge in [-0.3, -0.25) is 4.79 Å². The largest absolute Gasteiger partial charge is 0.481 e. The number of carbonyl (C=O) groups is 1. The van der Waals surface area contributed by atoms with Gasteiger partial charge in [-0.25, -0.2) is 0 Å². The van der Waals surface area contributed by atoms with E-state index in [1.165, 1.54) is 25.7 Å². The minimum atomic E-state index is -1.72. The average molecular weight is 681 g/mol. The van der Waals surface area contributed by atoms with Crippen LogP contribution in [0.15, 0.2) is 0 Å². The molecule has 2 saturated heterocycles. The Balaban J connectivity index is 1.99. The minimum Gasteiger partial charge on any atom is -0.481 e. The number of carboxylic acid groups (broad SMARTS) is 1. The smallest absolute Gasteiger partial charge is 0.303 e. The second kappa shape index (κ2) is 24.2. The first-order valence-corrected chi connectivity index (χ1v) is 18.1. The van der Waals surface area contributed by atoms with Crippen molar-refractivity contribution in [3.63, 3.8) is 0 Å². The van der Waals surface area contributed by atoms with Gasteiger partial charge in [-0.2, -0.15) is 0 Å². The molecule has 0 aromatic carbocycles. The molecule has 278 valence electrons. The summed E-state index contributed by atoms with van der Waals surface area (Å²) in [4.78, 5) is 10.6. The molecule has 2 aliphatic heterocycles. The molecule has 8 N–H and O–H groups in total. The third-order valence-corrected chi connectivity index (χ3v) is 9.34. The zero-order valence-corrected chi connectivity index (χ0v) is 28.3. The Labute approximate surface area is 280 Å². The lowest BCUT2D eigenvalue weighted by atomic mass is 9.97. The quantitative estimate of drug-likeness (QED) is 0.0617. The average Bonchev–Trinajstić information content (AvgIpc) is 3.05. The summed E-state index contributed by atoms with van der Waals surface area (Å²) in [6.45, 7) is 0.954. The monoisotopic (exact) mass is 680 g/mol. The number of ether oxygens (including phenoxy) is 4. The number of aliphatic hydroxyl groups is 7. The molecular weight excluding hydrogens is 616 g/mol. The highest BCUT2D eigenvalue weighted by Crippen LogP contribution is 2.31. The van der Waals surface area contributed by atoms with Crippen molar-refractivity contribution in [3.8, 4) is 0 Å². The third-order valence-electron chi connectivity index (χ3n) is 9.34. The van der Waals surface area contributed by atoms with E-state index < -0.39 is 80.6 Å². The molecule has 0 spiro atoms. The molecule has 0 aromatic rings. The second-order valence-electron chi connectivity index (χ2n) is 13.3. The van der Waals surface area contributed by atoms with E-state index in [0.29, 0.717) is 0 Å². The molecule has 13 heteroatoms. The zero-order valence-electron chi connectivity index (χ0n) is 28.3. The van der Waals surface area contributed by atoms with Gasteiger partial charge in [0, 0.05) is 6.42 Å². The molecule has 2 rings (SSSR count). The Morgan fingerprint density at radius 2 is 1.04 bits per heavy atom. The number of aliphatic hydroxyl groups excluding tert-OH is 7. The van der Waals surface area contributed by atoms with E-state index in [1.807, 2.05) is 0 Å². The molecule has 2 heterocycles. The van der Waals surface area contributed by atoms with Gasteiger partial charge in [-0.05, 0) is 19.3 Å². The van der Waals surface area contributed by atoms with Crippen molar-refractivity contribution < 1.29 is 64.6 Å². The molecule has 0 saturated carbocycles. The van der Waals surface area contributed by atoms with E-state index >= 15 is 0 Å². The fraction of sp³-hybridized carbons (Fsp3) is 0.971. The van der Waals surface area contributed by atoms with Crippen molar-refractivity contribution in [1.29, 1.82) is 0 Å². The molecule has 13 nitrogen and oxygen atoms in total. The summed E-state index contributed by atoms with van der Waals surface area (Å²) in [6, 6.07) is 0. The van der Waals surface area contributed by atoms with Crippen molar-refractivity contribution in [2.45, 2.75) is 196 Å². The number of carboxylic acids is 1. The number of hydrogen-bond donors (Lipinski definition) is 8. The third kappa shape index (κ3) is 15.2. The lowest BCUT2D eigenvalue weighted by molar-refractivity contribution is -0.372. The summed E-state index contributed by atoms with van der Waals surface area (Å²) >= 11 is 0.